The Bertz CT molecular complexity index is 782. The molecule has 2 heterocycles. The summed E-state index contributed by atoms with van der Waals surface area (Å²) in [7, 11) is 0. The highest BCUT2D eigenvalue weighted by atomic mass is 16.5. The fourth-order valence-electron chi connectivity index (χ4n) is 2.33. The van der Waals surface area contributed by atoms with Crippen molar-refractivity contribution in [1.29, 1.82) is 0 Å². The zero-order valence-corrected chi connectivity index (χ0v) is 16.3. The van der Waals surface area contributed by atoms with Crippen LogP contribution < -0.4 is 20.1 Å². The molecule has 0 saturated carbocycles. The molecule has 0 aliphatic rings. The zero-order chi connectivity index (χ0) is 21.0. The molecule has 0 aliphatic heterocycles. The third kappa shape index (κ3) is 7.49. The van der Waals surface area contributed by atoms with Crippen molar-refractivity contribution in [3.63, 3.8) is 0 Å². The summed E-state index contributed by atoms with van der Waals surface area (Å²) in [6.07, 6.45) is 5.04. The normalized spacial score (nSPS) is 12.6. The molecule has 10 nitrogen and oxygen atoms in total. The Hall–Kier alpha value is -3.50. The predicted octanol–water partition coefficient (Wildman–Crippen LogP) is 0.970. The van der Waals surface area contributed by atoms with Crippen molar-refractivity contribution in [2.45, 2.75) is 12.2 Å². The fraction of sp³-hybridized carbons (Fsp3) is 0.300. The Kier molecular flexibility index (Phi) is 8.12. The minimum Gasteiger partial charge on any atom is -0.491 e. The Morgan fingerprint density at radius 3 is 1.40 bits per heavy atom. The van der Waals surface area contributed by atoms with Crippen LogP contribution in [0.25, 0.3) is 0 Å². The van der Waals surface area contributed by atoms with E-state index in [0.717, 1.165) is 0 Å². The minimum atomic E-state index is -0.721. The average Bonchev–Trinajstić information content (AvgIpc) is 2.80. The van der Waals surface area contributed by atoms with Crippen LogP contribution in [-0.2, 0) is 0 Å². The molecular formula is C20H24N6O4. The van der Waals surface area contributed by atoms with Gasteiger partial charge in [-0.25, -0.2) is 19.9 Å². The maximum atomic E-state index is 9.99. The third-order valence-corrected chi connectivity index (χ3v) is 3.83. The highest BCUT2D eigenvalue weighted by Gasteiger charge is 2.08. The van der Waals surface area contributed by atoms with Gasteiger partial charge < -0.3 is 30.3 Å². The van der Waals surface area contributed by atoms with Gasteiger partial charge >= 0.3 is 0 Å². The molecule has 10 heteroatoms. The molecule has 3 rings (SSSR count). The second kappa shape index (κ2) is 11.5. The van der Waals surface area contributed by atoms with Crippen LogP contribution in [-0.4, -0.2) is 68.7 Å². The van der Waals surface area contributed by atoms with Gasteiger partial charge in [-0.15, -0.1) is 0 Å². The van der Waals surface area contributed by atoms with Gasteiger partial charge in [0.1, 0.15) is 36.9 Å². The van der Waals surface area contributed by atoms with E-state index in [2.05, 4.69) is 30.6 Å². The zero-order valence-electron chi connectivity index (χ0n) is 16.3. The second-order valence-corrected chi connectivity index (χ2v) is 6.31. The number of nitrogens with one attached hydrogen (secondary N) is 2. The number of hydrogen-bond donors (Lipinski definition) is 4. The summed E-state index contributed by atoms with van der Waals surface area (Å²) in [6.45, 7) is 0.772. The first-order valence-electron chi connectivity index (χ1n) is 9.42. The lowest BCUT2D eigenvalue weighted by Gasteiger charge is -2.15. The number of benzene rings is 1. The number of ether oxygens (including phenoxy) is 2. The van der Waals surface area contributed by atoms with Crippen molar-refractivity contribution >= 4 is 11.9 Å². The highest BCUT2D eigenvalue weighted by molar-refractivity contribution is 5.31. The van der Waals surface area contributed by atoms with E-state index in [0.29, 0.717) is 23.4 Å². The Morgan fingerprint density at radius 1 is 0.667 bits per heavy atom. The van der Waals surface area contributed by atoms with Crippen molar-refractivity contribution < 1.29 is 19.7 Å². The highest BCUT2D eigenvalue weighted by Crippen LogP contribution is 2.18. The Morgan fingerprint density at radius 2 is 1.03 bits per heavy atom. The van der Waals surface area contributed by atoms with Crippen molar-refractivity contribution in [1.82, 2.24) is 19.9 Å². The molecule has 0 radical (unpaired) electrons. The van der Waals surface area contributed by atoms with Gasteiger partial charge in [0.15, 0.2) is 0 Å². The van der Waals surface area contributed by atoms with E-state index >= 15 is 0 Å². The van der Waals surface area contributed by atoms with Crippen LogP contribution in [0.2, 0.25) is 0 Å². The molecular weight excluding hydrogens is 388 g/mol. The standard InChI is InChI=1S/C20H24N6O4/c27-15(11-25-19-21-7-1-8-22-19)13-29-17-3-5-18(6-4-17)30-14-16(28)12-26-20-23-9-2-10-24-20/h1-10,15-16,27-28H,11-14H2,(H,21,22,25)(H,23,24,26). The van der Waals surface area contributed by atoms with E-state index in [1.54, 1.807) is 61.2 Å². The topological polar surface area (TPSA) is 135 Å². The molecule has 1 aromatic carbocycles. The maximum absolute atomic E-state index is 9.99. The van der Waals surface area contributed by atoms with E-state index in [1.807, 2.05) is 0 Å². The molecule has 0 amide bonds. The van der Waals surface area contributed by atoms with Gasteiger partial charge in [0.25, 0.3) is 0 Å². The molecule has 3 aromatic rings. The van der Waals surface area contributed by atoms with Crippen molar-refractivity contribution in [3.05, 3.63) is 61.2 Å². The number of anilines is 2. The van der Waals surface area contributed by atoms with Crippen LogP contribution in [0.4, 0.5) is 11.9 Å². The van der Waals surface area contributed by atoms with Gasteiger partial charge in [-0.3, -0.25) is 0 Å². The van der Waals surface area contributed by atoms with Crippen LogP contribution in [0, 0.1) is 0 Å². The summed E-state index contributed by atoms with van der Waals surface area (Å²) in [5, 5.41) is 25.8. The number of aromatic nitrogens is 4. The predicted molar refractivity (Wildman–Crippen MR) is 110 cm³/mol. The lowest BCUT2D eigenvalue weighted by atomic mass is 10.3. The molecule has 0 bridgehead atoms. The summed E-state index contributed by atoms with van der Waals surface area (Å²) in [5.41, 5.74) is 0. The van der Waals surface area contributed by atoms with Gasteiger partial charge in [0.2, 0.25) is 11.9 Å². The molecule has 30 heavy (non-hydrogen) atoms. The smallest absolute Gasteiger partial charge is 0.222 e. The SMILES string of the molecule is OC(CNc1ncccn1)COc1ccc(OCC(O)CNc2ncccn2)cc1. The fourth-order valence-corrected chi connectivity index (χ4v) is 2.33. The van der Waals surface area contributed by atoms with E-state index in [1.165, 1.54) is 0 Å². The summed E-state index contributed by atoms with van der Waals surface area (Å²) >= 11 is 0. The average molecular weight is 412 g/mol. The number of rotatable bonds is 12. The third-order valence-electron chi connectivity index (χ3n) is 3.83. The summed E-state index contributed by atoms with van der Waals surface area (Å²) in [4.78, 5) is 16.1. The van der Waals surface area contributed by atoms with E-state index in [-0.39, 0.29) is 26.3 Å². The molecule has 0 saturated heterocycles. The van der Waals surface area contributed by atoms with E-state index < -0.39 is 12.2 Å². The van der Waals surface area contributed by atoms with Gasteiger partial charge in [-0.05, 0) is 36.4 Å². The van der Waals surface area contributed by atoms with Crippen LogP contribution in [0.3, 0.4) is 0 Å². The van der Waals surface area contributed by atoms with Crippen LogP contribution in [0.15, 0.2) is 61.2 Å². The first-order chi connectivity index (χ1) is 14.7. The molecule has 4 N–H and O–H groups in total. The van der Waals surface area contributed by atoms with Crippen LogP contribution >= 0.6 is 0 Å². The molecule has 0 fully saturated rings. The minimum absolute atomic E-state index is 0.117. The van der Waals surface area contributed by atoms with E-state index in [4.69, 9.17) is 9.47 Å². The van der Waals surface area contributed by atoms with Crippen molar-refractivity contribution in [2.24, 2.45) is 0 Å². The Balaban J connectivity index is 1.33. The molecule has 2 atom stereocenters. The number of aliphatic hydroxyl groups is 2. The number of aliphatic hydroxyl groups excluding tert-OH is 2. The Labute approximate surface area is 174 Å². The van der Waals surface area contributed by atoms with Gasteiger partial charge in [0, 0.05) is 37.9 Å². The van der Waals surface area contributed by atoms with Crippen molar-refractivity contribution in [2.75, 3.05) is 36.9 Å². The number of nitrogens with zero attached hydrogens (tertiary/aromatic N) is 4. The molecule has 0 aliphatic carbocycles. The van der Waals surface area contributed by atoms with Gasteiger partial charge in [-0.1, -0.05) is 0 Å². The van der Waals surface area contributed by atoms with Crippen molar-refractivity contribution in [3.8, 4) is 11.5 Å². The van der Waals surface area contributed by atoms with Crippen LogP contribution in [0.1, 0.15) is 0 Å². The van der Waals surface area contributed by atoms with E-state index in [9.17, 15) is 10.2 Å². The lowest BCUT2D eigenvalue weighted by Crippen LogP contribution is -2.27. The molecule has 2 aromatic heterocycles. The second-order valence-electron chi connectivity index (χ2n) is 6.31. The van der Waals surface area contributed by atoms with Crippen LogP contribution in [0.5, 0.6) is 11.5 Å². The largest absolute Gasteiger partial charge is 0.491 e. The molecule has 0 spiro atoms. The molecule has 2 unspecified atom stereocenters. The maximum Gasteiger partial charge on any atom is 0.222 e. The first kappa shape index (κ1) is 21.2. The summed E-state index contributed by atoms with van der Waals surface area (Å²) in [5.74, 6) is 2.10. The lowest BCUT2D eigenvalue weighted by molar-refractivity contribution is 0.115. The molecule has 158 valence electrons. The van der Waals surface area contributed by atoms with Gasteiger partial charge in [-0.2, -0.15) is 0 Å². The monoisotopic (exact) mass is 412 g/mol. The summed E-state index contributed by atoms with van der Waals surface area (Å²) < 4.78 is 11.1. The quantitative estimate of drug-likeness (QED) is 0.341. The van der Waals surface area contributed by atoms with Gasteiger partial charge in [0.05, 0.1) is 0 Å². The number of hydrogen-bond acceptors (Lipinski definition) is 10. The summed E-state index contributed by atoms with van der Waals surface area (Å²) in [6, 6.07) is 10.4. The first-order valence-corrected chi connectivity index (χ1v) is 9.42.